The first kappa shape index (κ1) is 13.2. The summed E-state index contributed by atoms with van der Waals surface area (Å²) in [6.45, 7) is 0. The fourth-order valence-electron chi connectivity index (χ4n) is 1.79. The second kappa shape index (κ2) is 4.96. The van der Waals surface area contributed by atoms with Gasteiger partial charge < -0.3 is 5.43 Å². The van der Waals surface area contributed by atoms with Crippen LogP contribution in [0.4, 0.5) is 11.8 Å². The Morgan fingerprint density at radius 3 is 2.81 bits per heavy atom. The van der Waals surface area contributed by atoms with Crippen LogP contribution in [0.25, 0.3) is 5.65 Å². The van der Waals surface area contributed by atoms with E-state index in [-0.39, 0.29) is 16.8 Å². The van der Waals surface area contributed by atoms with Crippen molar-refractivity contribution in [2.24, 2.45) is 5.84 Å². The van der Waals surface area contributed by atoms with Gasteiger partial charge in [0.25, 0.3) is 16.0 Å². The lowest BCUT2D eigenvalue weighted by molar-refractivity contribution is 0.596. The average Bonchev–Trinajstić information content (AvgIpc) is 2.87. The Hall–Kier alpha value is -2.79. The van der Waals surface area contributed by atoms with Gasteiger partial charge in [-0.3, -0.25) is 4.40 Å². The van der Waals surface area contributed by atoms with Gasteiger partial charge in [0.15, 0.2) is 5.82 Å². The lowest BCUT2D eigenvalue weighted by Crippen LogP contribution is -2.20. The van der Waals surface area contributed by atoms with Gasteiger partial charge in [-0.05, 0) is 12.1 Å². The second-order valence-electron chi connectivity index (χ2n) is 3.91. The first-order chi connectivity index (χ1) is 10.1. The van der Waals surface area contributed by atoms with E-state index >= 15 is 0 Å². The molecule has 0 unspecified atom stereocenters. The summed E-state index contributed by atoms with van der Waals surface area (Å²) in [7, 11) is -4.00. The van der Waals surface area contributed by atoms with Crippen LogP contribution in [0.2, 0.25) is 0 Å². The van der Waals surface area contributed by atoms with Crippen LogP contribution < -0.4 is 16.0 Å². The molecule has 0 saturated carbocycles. The topological polar surface area (TPSA) is 140 Å². The van der Waals surface area contributed by atoms with Gasteiger partial charge in [0.1, 0.15) is 5.65 Å². The van der Waals surface area contributed by atoms with Crippen LogP contribution in [0.5, 0.6) is 0 Å². The molecule has 0 aromatic carbocycles. The third-order valence-electron chi connectivity index (χ3n) is 2.59. The number of pyridine rings is 1. The number of nitrogens with zero attached hydrogens (tertiary/aromatic N) is 5. The van der Waals surface area contributed by atoms with Crippen LogP contribution in [-0.4, -0.2) is 33.0 Å². The zero-order chi connectivity index (χ0) is 14.9. The molecule has 0 bridgehead atoms. The number of nitrogens with one attached hydrogen (secondary N) is 2. The van der Waals surface area contributed by atoms with E-state index in [9.17, 15) is 8.42 Å². The highest BCUT2D eigenvalue weighted by molar-refractivity contribution is 7.92. The number of anilines is 2. The highest BCUT2D eigenvalue weighted by atomic mass is 32.2. The number of sulfonamides is 1. The van der Waals surface area contributed by atoms with Crippen molar-refractivity contribution >= 4 is 27.4 Å². The maximum Gasteiger partial charge on any atom is 0.284 e. The highest BCUT2D eigenvalue weighted by Crippen LogP contribution is 2.23. The van der Waals surface area contributed by atoms with Gasteiger partial charge in [0.05, 0.1) is 12.4 Å². The molecule has 21 heavy (non-hydrogen) atoms. The van der Waals surface area contributed by atoms with Crippen LogP contribution >= 0.6 is 0 Å². The fraction of sp³-hybridized carbons (Fsp3) is 0. The van der Waals surface area contributed by atoms with E-state index in [1.165, 1.54) is 16.8 Å². The normalized spacial score (nSPS) is 11.5. The summed E-state index contributed by atoms with van der Waals surface area (Å²) in [4.78, 5) is 7.85. The molecule has 3 rings (SSSR count). The Kier molecular flexibility index (Phi) is 3.12. The Bertz CT molecular complexity index is 876. The van der Waals surface area contributed by atoms with E-state index in [1.807, 2.05) is 0 Å². The van der Waals surface area contributed by atoms with Crippen molar-refractivity contribution in [3.63, 3.8) is 0 Å². The smallest absolute Gasteiger partial charge is 0.284 e. The molecular formula is C10H10N8O2S. The van der Waals surface area contributed by atoms with Gasteiger partial charge in [0, 0.05) is 6.20 Å². The molecule has 0 atom stereocenters. The van der Waals surface area contributed by atoms with Crippen molar-refractivity contribution in [2.75, 3.05) is 10.1 Å². The van der Waals surface area contributed by atoms with Gasteiger partial charge >= 0.3 is 0 Å². The first-order valence-corrected chi connectivity index (χ1v) is 7.20. The number of aromatic nitrogens is 5. The summed E-state index contributed by atoms with van der Waals surface area (Å²) in [5.74, 6) is 5.21. The Labute approximate surface area is 119 Å². The molecule has 108 valence electrons. The van der Waals surface area contributed by atoms with Crippen LogP contribution in [0, 0.1) is 0 Å². The van der Waals surface area contributed by atoms with Crippen molar-refractivity contribution < 1.29 is 8.42 Å². The minimum atomic E-state index is -4.00. The quantitative estimate of drug-likeness (QED) is 0.437. The maximum atomic E-state index is 12.5. The molecule has 0 aliphatic rings. The number of nitrogen functional groups attached to an aromatic ring is 1. The number of imidazole rings is 1. The summed E-state index contributed by atoms with van der Waals surface area (Å²) >= 11 is 0. The largest absolute Gasteiger partial charge is 0.306 e. The third kappa shape index (κ3) is 2.34. The Morgan fingerprint density at radius 1 is 1.24 bits per heavy atom. The molecule has 4 N–H and O–H groups in total. The van der Waals surface area contributed by atoms with E-state index in [2.05, 4.69) is 30.3 Å². The average molecular weight is 306 g/mol. The van der Waals surface area contributed by atoms with Crippen molar-refractivity contribution in [1.29, 1.82) is 0 Å². The Morgan fingerprint density at radius 2 is 2.10 bits per heavy atom. The summed E-state index contributed by atoms with van der Waals surface area (Å²) in [5.41, 5.74) is 2.70. The molecule has 10 nitrogen and oxygen atoms in total. The van der Waals surface area contributed by atoms with E-state index in [0.717, 1.165) is 0 Å². The highest BCUT2D eigenvalue weighted by Gasteiger charge is 2.26. The molecule has 0 spiro atoms. The SMILES string of the molecule is NNc1nc2ccccn2c1S(=O)(=O)Nc1nccnn1. The molecule has 3 heterocycles. The van der Waals surface area contributed by atoms with Crippen LogP contribution in [0.3, 0.4) is 0 Å². The van der Waals surface area contributed by atoms with Crippen molar-refractivity contribution in [1.82, 2.24) is 24.6 Å². The molecule has 0 aliphatic heterocycles. The molecule has 11 heteroatoms. The minimum absolute atomic E-state index is 0.0117. The molecule has 0 radical (unpaired) electrons. The van der Waals surface area contributed by atoms with Gasteiger partial charge in [-0.2, -0.15) is 13.5 Å². The molecule has 0 fully saturated rings. The van der Waals surface area contributed by atoms with Crippen LogP contribution in [0.1, 0.15) is 0 Å². The van der Waals surface area contributed by atoms with Gasteiger partial charge in [-0.25, -0.2) is 20.5 Å². The van der Waals surface area contributed by atoms with Crippen LogP contribution in [0.15, 0.2) is 41.8 Å². The number of hydrazine groups is 1. The summed E-state index contributed by atoms with van der Waals surface area (Å²) in [6.07, 6.45) is 4.21. The molecule has 0 aliphatic carbocycles. The van der Waals surface area contributed by atoms with Crippen molar-refractivity contribution in [2.45, 2.75) is 5.03 Å². The number of hydrogen-bond donors (Lipinski definition) is 3. The minimum Gasteiger partial charge on any atom is -0.306 e. The van der Waals surface area contributed by atoms with Crippen LogP contribution in [-0.2, 0) is 10.0 Å². The predicted molar refractivity (Wildman–Crippen MR) is 73.6 cm³/mol. The zero-order valence-electron chi connectivity index (χ0n) is 10.5. The number of rotatable bonds is 4. The van der Waals surface area contributed by atoms with Gasteiger partial charge in [-0.15, -0.1) is 5.10 Å². The zero-order valence-corrected chi connectivity index (χ0v) is 11.3. The molecular weight excluding hydrogens is 296 g/mol. The lowest BCUT2D eigenvalue weighted by atomic mass is 10.5. The lowest BCUT2D eigenvalue weighted by Gasteiger charge is -2.07. The van der Waals surface area contributed by atoms with Crippen molar-refractivity contribution in [3.8, 4) is 0 Å². The van der Waals surface area contributed by atoms with E-state index < -0.39 is 10.0 Å². The number of nitrogens with two attached hydrogens (primary N) is 1. The monoisotopic (exact) mass is 306 g/mol. The molecule has 0 saturated heterocycles. The van der Waals surface area contributed by atoms with Gasteiger partial charge in [0.2, 0.25) is 5.03 Å². The Balaban J connectivity index is 2.14. The third-order valence-corrected chi connectivity index (χ3v) is 3.94. The van der Waals surface area contributed by atoms with E-state index in [1.54, 1.807) is 24.4 Å². The van der Waals surface area contributed by atoms with Crippen molar-refractivity contribution in [3.05, 3.63) is 36.8 Å². The summed E-state index contributed by atoms with van der Waals surface area (Å²) < 4.78 is 28.6. The second-order valence-corrected chi connectivity index (χ2v) is 5.51. The van der Waals surface area contributed by atoms with E-state index in [0.29, 0.717) is 5.65 Å². The summed E-state index contributed by atoms with van der Waals surface area (Å²) in [6, 6.07) is 5.06. The number of fused-ring (bicyclic) bond motifs is 1. The van der Waals surface area contributed by atoms with E-state index in [4.69, 9.17) is 5.84 Å². The predicted octanol–water partition coefficient (Wildman–Crippen LogP) is -0.394. The molecule has 0 amide bonds. The fourth-order valence-corrected chi connectivity index (χ4v) is 2.99. The standard InChI is InChI=1S/C10H10N8O2S/c11-15-8-9(18-6-2-1-3-7(18)14-8)21(19,20)17-10-12-4-5-13-16-10/h1-6,15H,11H2,(H,12,16,17). The van der Waals surface area contributed by atoms with Gasteiger partial charge in [-0.1, -0.05) is 6.07 Å². The summed E-state index contributed by atoms with van der Waals surface area (Å²) in [5, 5.41) is 6.98. The molecule has 3 aromatic rings. The number of hydrogen-bond acceptors (Lipinski definition) is 8. The first-order valence-electron chi connectivity index (χ1n) is 5.72. The molecule has 3 aromatic heterocycles. The maximum absolute atomic E-state index is 12.5.